The van der Waals surface area contributed by atoms with Crippen LogP contribution in [0.3, 0.4) is 0 Å². The summed E-state index contributed by atoms with van der Waals surface area (Å²) in [6.07, 6.45) is 1.53. The van der Waals surface area contributed by atoms with Crippen molar-refractivity contribution >= 4 is 40.5 Å². The number of esters is 1. The molecule has 0 aliphatic carbocycles. The van der Waals surface area contributed by atoms with Gasteiger partial charge in [-0.2, -0.15) is 0 Å². The van der Waals surface area contributed by atoms with E-state index in [2.05, 4.69) is 27.6 Å². The van der Waals surface area contributed by atoms with Gasteiger partial charge >= 0.3 is 5.97 Å². The Labute approximate surface area is 196 Å². The van der Waals surface area contributed by atoms with E-state index in [4.69, 9.17) is 14.2 Å². The van der Waals surface area contributed by atoms with Crippen LogP contribution in [-0.4, -0.2) is 19.0 Å². The standard InChI is InChI=1S/C24H16F2INO4/c1-30-21-12-15(10-19(27)22(21)31-13-14-5-4-6-16(25)9-14)11-20-24(29)32-23(28-20)17-7-2-3-8-18(17)26/h2-12H,13H2,1H3/b20-11-. The van der Waals surface area contributed by atoms with E-state index in [1.165, 1.54) is 37.5 Å². The quantitative estimate of drug-likeness (QED) is 0.233. The molecule has 0 amide bonds. The summed E-state index contributed by atoms with van der Waals surface area (Å²) >= 11 is 2.08. The van der Waals surface area contributed by atoms with Crippen LogP contribution in [0.25, 0.3) is 6.08 Å². The maximum absolute atomic E-state index is 14.0. The molecule has 8 heteroatoms. The molecule has 0 bridgehead atoms. The molecule has 3 aromatic carbocycles. The second-order valence-corrected chi connectivity index (χ2v) is 7.93. The molecule has 3 aromatic rings. The third kappa shape index (κ3) is 4.80. The minimum absolute atomic E-state index is 0.0366. The first-order chi connectivity index (χ1) is 15.4. The summed E-state index contributed by atoms with van der Waals surface area (Å²) in [6.45, 7) is 0.160. The van der Waals surface area contributed by atoms with Gasteiger partial charge in [-0.25, -0.2) is 18.6 Å². The fourth-order valence-electron chi connectivity index (χ4n) is 3.06. The van der Waals surface area contributed by atoms with Gasteiger partial charge in [0.25, 0.3) is 0 Å². The van der Waals surface area contributed by atoms with Gasteiger partial charge in [-0.05, 0) is 76.2 Å². The Balaban J connectivity index is 1.60. The molecular formula is C24H16F2INO4. The van der Waals surface area contributed by atoms with Crippen LogP contribution in [0.2, 0.25) is 0 Å². The molecule has 0 N–H and O–H groups in total. The van der Waals surface area contributed by atoms with E-state index in [0.29, 0.717) is 22.6 Å². The van der Waals surface area contributed by atoms with Crippen molar-refractivity contribution in [2.24, 2.45) is 4.99 Å². The average molecular weight is 547 g/mol. The Bertz CT molecular complexity index is 1260. The number of benzene rings is 3. The zero-order valence-electron chi connectivity index (χ0n) is 16.8. The number of hydrogen-bond donors (Lipinski definition) is 0. The van der Waals surface area contributed by atoms with Crippen molar-refractivity contribution in [3.8, 4) is 11.5 Å². The Morgan fingerprint density at radius 2 is 1.91 bits per heavy atom. The van der Waals surface area contributed by atoms with Crippen LogP contribution >= 0.6 is 22.6 Å². The van der Waals surface area contributed by atoms with Crippen molar-refractivity contribution in [3.63, 3.8) is 0 Å². The van der Waals surface area contributed by atoms with Crippen LogP contribution < -0.4 is 9.47 Å². The SMILES string of the molecule is COc1cc(/C=C2\N=C(c3ccccc3F)OC2=O)cc(I)c1OCc1cccc(F)c1. The largest absolute Gasteiger partial charge is 0.493 e. The van der Waals surface area contributed by atoms with Crippen LogP contribution in [0.5, 0.6) is 11.5 Å². The topological polar surface area (TPSA) is 57.1 Å². The lowest BCUT2D eigenvalue weighted by Crippen LogP contribution is -2.07. The van der Waals surface area contributed by atoms with E-state index in [0.717, 1.165) is 3.57 Å². The summed E-state index contributed by atoms with van der Waals surface area (Å²) in [4.78, 5) is 16.4. The molecule has 0 aromatic heterocycles. The van der Waals surface area contributed by atoms with Gasteiger partial charge in [0.1, 0.15) is 18.2 Å². The minimum Gasteiger partial charge on any atom is -0.493 e. The Kier molecular flexibility index (Phi) is 6.50. The average Bonchev–Trinajstić information content (AvgIpc) is 3.13. The smallest absolute Gasteiger partial charge is 0.363 e. The molecule has 0 fully saturated rings. The summed E-state index contributed by atoms with van der Waals surface area (Å²) in [6, 6.07) is 15.5. The molecule has 0 saturated carbocycles. The number of cyclic esters (lactones) is 1. The van der Waals surface area contributed by atoms with Gasteiger partial charge in [0.05, 0.1) is 16.2 Å². The highest BCUT2D eigenvalue weighted by atomic mass is 127. The number of methoxy groups -OCH3 is 1. The van der Waals surface area contributed by atoms with Crippen LogP contribution in [0, 0.1) is 15.2 Å². The van der Waals surface area contributed by atoms with Gasteiger partial charge in [0.2, 0.25) is 5.90 Å². The van der Waals surface area contributed by atoms with E-state index >= 15 is 0 Å². The lowest BCUT2D eigenvalue weighted by Gasteiger charge is -2.14. The molecule has 0 spiro atoms. The van der Waals surface area contributed by atoms with Crippen LogP contribution in [0.15, 0.2) is 71.4 Å². The van der Waals surface area contributed by atoms with Gasteiger partial charge in [-0.1, -0.05) is 24.3 Å². The molecule has 4 rings (SSSR count). The second-order valence-electron chi connectivity index (χ2n) is 6.77. The molecule has 162 valence electrons. The molecule has 32 heavy (non-hydrogen) atoms. The lowest BCUT2D eigenvalue weighted by molar-refractivity contribution is -0.129. The molecule has 0 unspecified atom stereocenters. The number of hydrogen-bond acceptors (Lipinski definition) is 5. The van der Waals surface area contributed by atoms with Crippen LogP contribution in [-0.2, 0) is 16.1 Å². The van der Waals surface area contributed by atoms with Gasteiger partial charge in [-0.15, -0.1) is 0 Å². The zero-order valence-corrected chi connectivity index (χ0v) is 18.9. The van der Waals surface area contributed by atoms with E-state index in [1.807, 2.05) is 0 Å². The minimum atomic E-state index is -0.677. The van der Waals surface area contributed by atoms with Crippen molar-refractivity contribution in [2.75, 3.05) is 7.11 Å². The summed E-state index contributed by atoms with van der Waals surface area (Å²) in [5, 5.41) is 0. The first-order valence-corrected chi connectivity index (χ1v) is 10.5. The number of aliphatic imine (C=N–C) groups is 1. The number of nitrogens with zero attached hydrogens (tertiary/aromatic N) is 1. The van der Waals surface area contributed by atoms with Gasteiger partial charge in [0, 0.05) is 0 Å². The van der Waals surface area contributed by atoms with Crippen molar-refractivity contribution in [2.45, 2.75) is 6.61 Å². The van der Waals surface area contributed by atoms with Crippen molar-refractivity contribution in [1.82, 2.24) is 0 Å². The lowest BCUT2D eigenvalue weighted by atomic mass is 10.1. The summed E-state index contributed by atoms with van der Waals surface area (Å²) < 4.78 is 44.5. The molecule has 1 heterocycles. The summed E-state index contributed by atoms with van der Waals surface area (Å²) in [5.41, 5.74) is 1.44. The van der Waals surface area contributed by atoms with Crippen molar-refractivity contribution in [3.05, 3.63) is 98.3 Å². The maximum atomic E-state index is 14.0. The Morgan fingerprint density at radius 3 is 2.66 bits per heavy atom. The zero-order chi connectivity index (χ0) is 22.7. The highest BCUT2D eigenvalue weighted by Gasteiger charge is 2.26. The number of carbonyl (C=O) groups excluding carboxylic acids is 1. The van der Waals surface area contributed by atoms with E-state index in [9.17, 15) is 13.6 Å². The third-order valence-corrected chi connectivity index (χ3v) is 5.35. The molecule has 0 saturated heterocycles. The van der Waals surface area contributed by atoms with E-state index in [-0.39, 0.29) is 29.6 Å². The predicted molar refractivity (Wildman–Crippen MR) is 123 cm³/mol. The van der Waals surface area contributed by atoms with Gasteiger partial charge in [0.15, 0.2) is 17.2 Å². The number of ether oxygens (including phenoxy) is 3. The Morgan fingerprint density at radius 1 is 1.09 bits per heavy atom. The summed E-state index contributed by atoms with van der Waals surface area (Å²) in [5.74, 6) is -0.710. The molecule has 5 nitrogen and oxygen atoms in total. The third-order valence-electron chi connectivity index (χ3n) is 4.55. The van der Waals surface area contributed by atoms with E-state index in [1.54, 1.807) is 36.4 Å². The Hall–Kier alpha value is -3.27. The van der Waals surface area contributed by atoms with E-state index < -0.39 is 11.8 Å². The monoisotopic (exact) mass is 547 g/mol. The van der Waals surface area contributed by atoms with Crippen LogP contribution in [0.4, 0.5) is 8.78 Å². The molecule has 0 radical (unpaired) electrons. The van der Waals surface area contributed by atoms with Crippen molar-refractivity contribution in [1.29, 1.82) is 0 Å². The highest BCUT2D eigenvalue weighted by molar-refractivity contribution is 14.1. The second kappa shape index (κ2) is 9.47. The number of halogens is 3. The molecular weight excluding hydrogens is 531 g/mol. The predicted octanol–water partition coefficient (Wildman–Crippen LogP) is 5.50. The first kappa shape index (κ1) is 21.9. The van der Waals surface area contributed by atoms with Gasteiger partial charge < -0.3 is 14.2 Å². The fourth-order valence-corrected chi connectivity index (χ4v) is 3.84. The number of carbonyl (C=O) groups is 1. The van der Waals surface area contributed by atoms with Crippen molar-refractivity contribution < 1.29 is 27.8 Å². The molecule has 1 aliphatic rings. The van der Waals surface area contributed by atoms with Crippen LogP contribution in [0.1, 0.15) is 16.7 Å². The highest BCUT2D eigenvalue weighted by Crippen LogP contribution is 2.35. The van der Waals surface area contributed by atoms with Gasteiger partial charge in [-0.3, -0.25) is 0 Å². The molecule has 1 aliphatic heterocycles. The summed E-state index contributed by atoms with van der Waals surface area (Å²) in [7, 11) is 1.50. The fraction of sp³-hybridized carbons (Fsp3) is 0.0833. The maximum Gasteiger partial charge on any atom is 0.363 e. The first-order valence-electron chi connectivity index (χ1n) is 9.47. The molecule has 0 atom stereocenters. The number of rotatable bonds is 6. The normalized spacial score (nSPS) is 14.3.